The summed E-state index contributed by atoms with van der Waals surface area (Å²) in [7, 11) is 0. The number of fused-ring (bicyclic) bond motifs is 4. The molecule has 0 amide bonds. The van der Waals surface area contributed by atoms with E-state index in [1.165, 1.54) is 0 Å². The number of hydrogen-bond acceptors (Lipinski definition) is 3. The van der Waals surface area contributed by atoms with Crippen LogP contribution in [0.2, 0.25) is 17.5 Å². The van der Waals surface area contributed by atoms with E-state index in [0.29, 0.717) is 10.8 Å². The van der Waals surface area contributed by atoms with Crippen LogP contribution in [0.5, 0.6) is 0 Å². The summed E-state index contributed by atoms with van der Waals surface area (Å²) in [6, 6.07) is 7.98. The first kappa shape index (κ1) is 74.3. The normalized spacial score (nSPS) is 51.8. The van der Waals surface area contributed by atoms with Gasteiger partial charge in [0, 0.05) is 59.8 Å². The monoisotopic (exact) mass is 1470 g/mol. The summed E-state index contributed by atoms with van der Waals surface area (Å²) in [5, 5.41) is 0. The van der Waals surface area contributed by atoms with Gasteiger partial charge in [-0.2, -0.15) is 0 Å². The smallest absolute Gasteiger partial charge is 0.156 e. The highest BCUT2D eigenvalue weighted by atomic mass is 15.4. The molecule has 3 nitrogen and oxygen atoms in total. The molecule has 19 saturated carbocycles. The standard InChI is InChI=1S/C104H170BN3/c1-102(2,3)78-48-73-42-43-74-49-79(103(4,5)6)59-88-83(55-77(50-78)97(73)98(74)88)72-44-46-89-92(57-72)108(101-86(69-38-24-12-25-39-69)53-76(66-32-18-9-19-33-66)54-87(101)70-40-26-13-27-41-70)94-63-82(106-95-60-80-58-81-61-96(106)104(80,81)95)62-93-99(94)105(89)90-56-71(64-28-14-7-15-29-64)45-47-91(90)107(93)100-84(67-34-20-10-21-35-67)51-75(65-30-16-8-17-31-65)52-85(100)68-36-22-11-23-37-68/h64-101H,7-63H2,1-6H3. The molecule has 22 fully saturated rings. The van der Waals surface area contributed by atoms with Crippen LogP contribution in [0.1, 0.15) is 408 Å². The van der Waals surface area contributed by atoms with Gasteiger partial charge in [-0.25, -0.2) is 0 Å². The molecule has 0 radical (unpaired) electrons. The maximum absolute atomic E-state index is 4.12. The van der Waals surface area contributed by atoms with E-state index in [-0.39, 0.29) is 0 Å². The minimum atomic E-state index is 0.435. The van der Waals surface area contributed by atoms with Gasteiger partial charge in [-0.15, -0.1) is 0 Å². The van der Waals surface area contributed by atoms with E-state index >= 15 is 0 Å². The van der Waals surface area contributed by atoms with Crippen molar-refractivity contribution >= 4 is 6.71 Å². The zero-order valence-electron chi connectivity index (χ0n) is 71.7. The molecule has 0 bridgehead atoms. The average molecular weight is 1470 g/mol. The Morgan fingerprint density at radius 2 is 0.630 bits per heavy atom. The second-order valence-corrected chi connectivity index (χ2v) is 50.0. The van der Waals surface area contributed by atoms with Crippen molar-refractivity contribution in [2.24, 2.45) is 170 Å². The molecule has 3 saturated heterocycles. The van der Waals surface area contributed by atoms with E-state index in [9.17, 15) is 0 Å². The Hall–Kier alpha value is -0.0551. The number of piperidine rings is 2. The van der Waals surface area contributed by atoms with Gasteiger partial charge < -0.3 is 0 Å². The lowest BCUT2D eigenvalue weighted by Crippen LogP contribution is -2.94. The molecular weight excluding hydrogens is 1300 g/mol. The minimum absolute atomic E-state index is 0.435. The zero-order valence-corrected chi connectivity index (χ0v) is 71.7. The maximum atomic E-state index is 4.12. The predicted octanol–water partition coefficient (Wildman–Crippen LogP) is 27.4. The van der Waals surface area contributed by atoms with Gasteiger partial charge in [0.2, 0.25) is 0 Å². The number of rotatable bonds is 11. The Kier molecular flexibility index (Phi) is 20.4. The first-order valence-electron chi connectivity index (χ1n) is 52.1. The molecule has 0 N–H and O–H groups in total. The number of hydrogen-bond donors (Lipinski definition) is 0. The fourth-order valence-electron chi connectivity index (χ4n) is 40.4. The summed E-state index contributed by atoms with van der Waals surface area (Å²) in [5.41, 5.74) is 1.69. The summed E-state index contributed by atoms with van der Waals surface area (Å²) >= 11 is 0. The molecule has 4 heteroatoms. The first-order valence-corrected chi connectivity index (χ1v) is 52.1. The van der Waals surface area contributed by atoms with E-state index in [1.54, 1.807) is 366 Å². The Bertz CT molecular complexity index is 2960. The van der Waals surface area contributed by atoms with Gasteiger partial charge in [-0.05, 0) is 304 Å². The molecule has 108 heavy (non-hydrogen) atoms. The Morgan fingerprint density at radius 3 is 1.08 bits per heavy atom. The van der Waals surface area contributed by atoms with E-state index in [0.717, 1.165) is 238 Å². The van der Waals surface area contributed by atoms with Crippen molar-refractivity contribution < 1.29 is 0 Å². The molecule has 0 aromatic heterocycles. The van der Waals surface area contributed by atoms with Crippen LogP contribution in [0.25, 0.3) is 0 Å². The van der Waals surface area contributed by atoms with Crippen molar-refractivity contribution in [3.8, 4) is 0 Å². The molecule has 19 aliphatic carbocycles. The van der Waals surface area contributed by atoms with Crippen molar-refractivity contribution in [1.82, 2.24) is 14.7 Å². The van der Waals surface area contributed by atoms with E-state index in [1.807, 2.05) is 0 Å². The first-order chi connectivity index (χ1) is 52.8. The van der Waals surface area contributed by atoms with E-state index < -0.39 is 0 Å². The molecule has 3 heterocycles. The number of likely N-dealkylation sites (tertiary alicyclic amines) is 1. The van der Waals surface area contributed by atoms with E-state index in [4.69, 9.17) is 0 Å². The second-order valence-electron chi connectivity index (χ2n) is 50.0. The van der Waals surface area contributed by atoms with E-state index in [2.05, 4.69) is 56.2 Å². The SMILES string of the molecule is CC(C)(C)C1CC2CCC3CC(C(C)(C)C)CC4C(C5CCC6B7C8CC(C9CCCCC9)CCC8N(C8C(C9CCCCC9)CC(C9CCCCC9)CC8C8CCCCC8)C8CC(N9C%10CC%11CC%12CC9C%11%12%10)CC(C78)N(C7C(C8CCCCC8)CC(C8CCCCC8)CC7C7CCCCC7)C6C5)CC(C1)C2C34. The summed E-state index contributed by atoms with van der Waals surface area (Å²) in [5.74, 6) is 29.3. The van der Waals surface area contributed by atoms with Crippen LogP contribution >= 0.6 is 0 Å². The highest BCUT2D eigenvalue weighted by molar-refractivity contribution is 6.65. The summed E-state index contributed by atoms with van der Waals surface area (Å²) < 4.78 is 0. The lowest BCUT2D eigenvalue weighted by Gasteiger charge is -2.90. The Labute approximate surface area is 666 Å². The molecule has 604 valence electrons. The molecular formula is C104H170BN3. The maximum Gasteiger partial charge on any atom is 0.156 e. The third-order valence-corrected chi connectivity index (χ3v) is 44.7. The molecule has 0 aromatic carbocycles. The fraction of sp³-hybridized carbons (Fsp3) is 1.00. The van der Waals surface area contributed by atoms with Crippen LogP contribution in [0.15, 0.2) is 0 Å². The third-order valence-electron chi connectivity index (χ3n) is 44.7. The van der Waals surface area contributed by atoms with Gasteiger partial charge in [0.15, 0.2) is 6.71 Å². The van der Waals surface area contributed by atoms with Gasteiger partial charge in [-0.3, -0.25) is 14.7 Å². The van der Waals surface area contributed by atoms with Gasteiger partial charge in [-0.1, -0.05) is 286 Å². The average Bonchev–Trinajstić information content (AvgIpc) is 0.618. The van der Waals surface area contributed by atoms with Crippen molar-refractivity contribution in [3.05, 3.63) is 0 Å². The van der Waals surface area contributed by atoms with Crippen LogP contribution in [-0.4, -0.2) is 75.8 Å². The molecule has 3 aliphatic heterocycles. The lowest BCUT2D eigenvalue weighted by molar-refractivity contribution is -0.408. The van der Waals surface area contributed by atoms with Crippen LogP contribution in [-0.2, 0) is 0 Å². The lowest BCUT2D eigenvalue weighted by atomic mass is 9.18. The summed E-state index contributed by atoms with van der Waals surface area (Å²) in [6.07, 6.45) is 91.2. The van der Waals surface area contributed by atoms with Crippen LogP contribution in [0.3, 0.4) is 0 Å². The topological polar surface area (TPSA) is 9.72 Å². The molecule has 22 aliphatic rings. The van der Waals surface area contributed by atoms with Crippen LogP contribution in [0.4, 0.5) is 0 Å². The van der Waals surface area contributed by atoms with Gasteiger partial charge >= 0.3 is 0 Å². The minimum Gasteiger partial charge on any atom is -0.295 e. The summed E-state index contributed by atoms with van der Waals surface area (Å²) in [4.78, 5) is 11.8. The zero-order chi connectivity index (χ0) is 72.1. The molecule has 27 unspecified atom stereocenters. The molecule has 1 spiro atoms. The Morgan fingerprint density at radius 1 is 0.241 bits per heavy atom. The molecule has 0 aromatic rings. The van der Waals surface area contributed by atoms with Crippen molar-refractivity contribution in [3.63, 3.8) is 0 Å². The largest absolute Gasteiger partial charge is 0.295 e. The quantitative estimate of drug-likeness (QED) is 0.191. The Balaban J connectivity index is 0.733. The fourth-order valence-corrected chi connectivity index (χ4v) is 40.4. The number of nitrogens with zero attached hydrogens (tertiary/aromatic N) is 3. The third kappa shape index (κ3) is 12.4. The van der Waals surface area contributed by atoms with Crippen LogP contribution in [0, 0.1) is 170 Å². The van der Waals surface area contributed by atoms with Gasteiger partial charge in [0.05, 0.1) is 0 Å². The predicted molar refractivity (Wildman–Crippen MR) is 452 cm³/mol. The van der Waals surface area contributed by atoms with Gasteiger partial charge in [0.25, 0.3) is 0 Å². The highest BCUT2D eigenvalue weighted by Crippen LogP contribution is 2.84. The van der Waals surface area contributed by atoms with Crippen molar-refractivity contribution in [1.29, 1.82) is 0 Å². The highest BCUT2D eigenvalue weighted by Gasteiger charge is 2.85. The van der Waals surface area contributed by atoms with Crippen molar-refractivity contribution in [2.45, 2.75) is 479 Å². The molecule has 27 atom stereocenters. The van der Waals surface area contributed by atoms with Crippen molar-refractivity contribution in [2.75, 3.05) is 0 Å². The summed E-state index contributed by atoms with van der Waals surface area (Å²) in [6.45, 7) is 17.4. The second kappa shape index (κ2) is 29.7. The van der Waals surface area contributed by atoms with Crippen LogP contribution < -0.4 is 0 Å². The van der Waals surface area contributed by atoms with Gasteiger partial charge in [0.1, 0.15) is 0 Å². The molecule has 22 rings (SSSR count).